The van der Waals surface area contributed by atoms with Gasteiger partial charge in [0.15, 0.2) is 0 Å². The van der Waals surface area contributed by atoms with Crippen LogP contribution in [-0.4, -0.2) is 42.9 Å². The van der Waals surface area contributed by atoms with Crippen LogP contribution in [0.25, 0.3) is 5.69 Å². The Morgan fingerprint density at radius 3 is 2.29 bits per heavy atom. The zero-order valence-corrected chi connectivity index (χ0v) is 16.9. The third kappa shape index (κ3) is 6.47. The molecule has 0 fully saturated rings. The maximum atomic E-state index is 12.2. The summed E-state index contributed by atoms with van der Waals surface area (Å²) in [5, 5.41) is 13.2. The van der Waals surface area contributed by atoms with Crippen molar-refractivity contribution < 1.29 is 27.9 Å². The highest BCUT2D eigenvalue weighted by Gasteiger charge is 2.38. The molecule has 0 radical (unpaired) electrons. The molecule has 3 rings (SSSR count). The van der Waals surface area contributed by atoms with Gasteiger partial charge in [0.25, 0.3) is 11.5 Å². The van der Waals surface area contributed by atoms with E-state index >= 15 is 0 Å². The van der Waals surface area contributed by atoms with Gasteiger partial charge in [0, 0.05) is 16.8 Å². The lowest BCUT2D eigenvalue weighted by atomic mass is 10.3. The van der Waals surface area contributed by atoms with E-state index in [1.165, 1.54) is 10.7 Å². The number of carbonyl (C=O) groups is 2. The van der Waals surface area contributed by atoms with Crippen molar-refractivity contribution in [3.8, 4) is 5.69 Å². The van der Waals surface area contributed by atoms with Crippen LogP contribution in [0.3, 0.4) is 0 Å². The molecule has 0 saturated carbocycles. The van der Waals surface area contributed by atoms with Crippen LogP contribution in [0.4, 0.5) is 13.2 Å². The third-order valence-electron chi connectivity index (χ3n) is 3.89. The zero-order chi connectivity index (χ0) is 23.3. The lowest BCUT2D eigenvalue weighted by Gasteiger charge is -2.03. The molecule has 0 saturated heterocycles. The van der Waals surface area contributed by atoms with Crippen LogP contribution in [0.2, 0.25) is 5.02 Å². The van der Waals surface area contributed by atoms with Crippen LogP contribution < -0.4 is 10.9 Å². The van der Waals surface area contributed by atoms with E-state index < -0.39 is 12.1 Å². The van der Waals surface area contributed by atoms with E-state index in [4.69, 9.17) is 21.5 Å². The number of nitrogens with one attached hydrogen (secondary N) is 3. The smallest absolute Gasteiger partial charge is 0.475 e. The second-order valence-corrected chi connectivity index (χ2v) is 6.64. The number of carbonyl (C=O) groups excluding carboxylic acids is 1. The Labute approximate surface area is 177 Å². The number of aryl methyl sites for hydroxylation is 2. The molecule has 2 heterocycles. The number of aliphatic carboxylic acids is 1. The van der Waals surface area contributed by atoms with Crippen LogP contribution in [0.15, 0.2) is 35.1 Å². The van der Waals surface area contributed by atoms with Gasteiger partial charge < -0.3 is 15.4 Å². The summed E-state index contributed by atoms with van der Waals surface area (Å²) in [5.74, 6) is -2.48. The predicted octanol–water partition coefficient (Wildman–Crippen LogP) is 2.72. The predicted molar refractivity (Wildman–Crippen MR) is 104 cm³/mol. The van der Waals surface area contributed by atoms with E-state index in [1.807, 2.05) is 13.8 Å². The van der Waals surface area contributed by atoms with Gasteiger partial charge in [0.2, 0.25) is 0 Å². The molecule has 9 nitrogen and oxygen atoms in total. The van der Waals surface area contributed by atoms with E-state index in [0.717, 1.165) is 11.4 Å². The van der Waals surface area contributed by atoms with Crippen molar-refractivity contribution in [1.29, 1.82) is 0 Å². The largest absolute Gasteiger partial charge is 0.490 e. The van der Waals surface area contributed by atoms with Gasteiger partial charge in [-0.05, 0) is 38.1 Å². The second kappa shape index (κ2) is 9.51. The van der Waals surface area contributed by atoms with Crippen LogP contribution >= 0.6 is 11.6 Å². The summed E-state index contributed by atoms with van der Waals surface area (Å²) >= 11 is 5.84. The molecule has 4 N–H and O–H groups in total. The topological polar surface area (TPSA) is 133 Å². The van der Waals surface area contributed by atoms with Gasteiger partial charge in [-0.1, -0.05) is 11.6 Å². The Morgan fingerprint density at radius 2 is 1.81 bits per heavy atom. The molecule has 0 aliphatic rings. The molecular weight excluding hydrogens is 443 g/mol. The molecular formula is C18H17ClF3N5O4. The number of halogens is 4. The lowest BCUT2D eigenvalue weighted by molar-refractivity contribution is -0.192. The van der Waals surface area contributed by atoms with Gasteiger partial charge in [-0.25, -0.2) is 14.5 Å². The number of carboxylic acids is 1. The monoisotopic (exact) mass is 459 g/mol. The van der Waals surface area contributed by atoms with Gasteiger partial charge >= 0.3 is 12.1 Å². The summed E-state index contributed by atoms with van der Waals surface area (Å²) in [4.78, 5) is 40.5. The molecule has 0 aliphatic heterocycles. The average molecular weight is 460 g/mol. The van der Waals surface area contributed by atoms with Gasteiger partial charge in [-0.15, -0.1) is 0 Å². The Balaban J connectivity index is 0.000000423. The standard InChI is InChI=1S/C16H16ClN5O2.C2HF3O2/c1-9-10(2)20-14(19-9)8-18-16(24)13-7-15(23)22(21-13)12-5-3-11(17)4-6-12;3-2(4,5)1(6)7/h3-7,21H,8H2,1-2H3,(H,18,24)(H,19,20);(H,6,7). The molecule has 166 valence electrons. The molecule has 1 amide bonds. The molecule has 1 aromatic carbocycles. The van der Waals surface area contributed by atoms with E-state index in [0.29, 0.717) is 16.5 Å². The first-order valence-corrected chi connectivity index (χ1v) is 8.94. The van der Waals surface area contributed by atoms with Gasteiger partial charge in [-0.3, -0.25) is 14.7 Å². The van der Waals surface area contributed by atoms with Gasteiger partial charge in [0.05, 0.1) is 17.9 Å². The van der Waals surface area contributed by atoms with Crippen molar-refractivity contribution in [1.82, 2.24) is 25.1 Å². The summed E-state index contributed by atoms with van der Waals surface area (Å²) in [7, 11) is 0. The van der Waals surface area contributed by atoms with E-state index in [-0.39, 0.29) is 23.7 Å². The Bertz CT molecular complexity index is 1110. The molecule has 0 unspecified atom stereocenters. The summed E-state index contributed by atoms with van der Waals surface area (Å²) < 4.78 is 33.0. The second-order valence-electron chi connectivity index (χ2n) is 6.20. The fraction of sp³-hybridized carbons (Fsp3) is 0.222. The highest BCUT2D eigenvalue weighted by molar-refractivity contribution is 6.30. The lowest BCUT2D eigenvalue weighted by Crippen LogP contribution is -2.24. The molecule has 31 heavy (non-hydrogen) atoms. The first kappa shape index (κ1) is 23.7. The molecule has 3 aromatic rings. The number of aromatic nitrogens is 4. The van der Waals surface area contributed by atoms with Crippen molar-refractivity contribution >= 4 is 23.5 Å². The van der Waals surface area contributed by atoms with Crippen LogP contribution in [-0.2, 0) is 11.3 Å². The quantitative estimate of drug-likeness (QED) is 0.476. The number of H-pyrrole nitrogens is 2. The minimum absolute atomic E-state index is 0.176. The Hall–Kier alpha value is -3.54. The van der Waals surface area contributed by atoms with Crippen molar-refractivity contribution in [2.75, 3.05) is 0 Å². The summed E-state index contributed by atoms with van der Waals surface area (Å²) in [6.07, 6.45) is -5.08. The minimum Gasteiger partial charge on any atom is -0.475 e. The number of alkyl halides is 3. The summed E-state index contributed by atoms with van der Waals surface area (Å²) in [6.45, 7) is 4.06. The minimum atomic E-state index is -5.08. The van der Waals surface area contributed by atoms with Crippen LogP contribution in [0.5, 0.6) is 0 Å². The number of nitrogens with zero attached hydrogens (tertiary/aromatic N) is 2. The fourth-order valence-electron chi connectivity index (χ4n) is 2.26. The molecule has 0 bridgehead atoms. The SMILES string of the molecule is Cc1nc(CNC(=O)c2cc(=O)n(-c3ccc(Cl)cc3)[nH]2)[nH]c1C.O=C(O)C(F)(F)F. The molecule has 13 heteroatoms. The fourth-order valence-corrected chi connectivity index (χ4v) is 2.38. The third-order valence-corrected chi connectivity index (χ3v) is 4.14. The van der Waals surface area contributed by atoms with Gasteiger partial charge in [0.1, 0.15) is 11.5 Å². The average Bonchev–Trinajstić information content (AvgIpc) is 3.22. The molecule has 0 spiro atoms. The highest BCUT2D eigenvalue weighted by Crippen LogP contribution is 2.13. The number of hydrogen-bond donors (Lipinski definition) is 4. The maximum Gasteiger partial charge on any atom is 0.490 e. The van der Waals surface area contributed by atoms with Crippen molar-refractivity contribution in [3.05, 3.63) is 68.6 Å². The number of rotatable bonds is 4. The van der Waals surface area contributed by atoms with Crippen LogP contribution in [0.1, 0.15) is 27.7 Å². The summed E-state index contributed by atoms with van der Waals surface area (Å²) in [5.41, 5.74) is 2.30. The Morgan fingerprint density at radius 1 is 1.23 bits per heavy atom. The van der Waals surface area contributed by atoms with Gasteiger partial charge in [-0.2, -0.15) is 13.2 Å². The molecule has 0 atom stereocenters. The molecule has 0 aliphatic carbocycles. The number of hydrogen-bond acceptors (Lipinski definition) is 4. The van der Waals surface area contributed by atoms with Crippen LogP contribution in [0, 0.1) is 13.8 Å². The Kier molecular flexibility index (Phi) is 7.28. The van der Waals surface area contributed by atoms with E-state index in [9.17, 15) is 22.8 Å². The number of imidazole rings is 1. The number of carboxylic acid groups (broad SMARTS) is 1. The number of benzene rings is 1. The van der Waals surface area contributed by atoms with E-state index in [2.05, 4.69) is 20.4 Å². The van der Waals surface area contributed by atoms with Crippen molar-refractivity contribution in [2.24, 2.45) is 0 Å². The molecule has 2 aromatic heterocycles. The zero-order valence-electron chi connectivity index (χ0n) is 16.2. The summed E-state index contributed by atoms with van der Waals surface area (Å²) in [6, 6.07) is 7.98. The van der Waals surface area contributed by atoms with Crippen molar-refractivity contribution in [3.63, 3.8) is 0 Å². The normalized spacial score (nSPS) is 10.9. The maximum absolute atomic E-state index is 12.2. The van der Waals surface area contributed by atoms with Crippen molar-refractivity contribution in [2.45, 2.75) is 26.6 Å². The highest BCUT2D eigenvalue weighted by atomic mass is 35.5. The number of aromatic amines is 2. The van der Waals surface area contributed by atoms with E-state index in [1.54, 1.807) is 24.3 Å². The first-order chi connectivity index (χ1) is 14.4. The first-order valence-electron chi connectivity index (χ1n) is 8.57. The number of amides is 1.